The molecule has 7 heteroatoms. The molecule has 0 fully saturated rings. The van der Waals surface area contributed by atoms with Crippen molar-refractivity contribution in [3.63, 3.8) is 0 Å². The molecule has 0 saturated heterocycles. The minimum atomic E-state index is 0.377. The molecule has 0 saturated carbocycles. The monoisotopic (exact) mass is 776 g/mol. The van der Waals surface area contributed by atoms with Crippen LogP contribution in [0.15, 0.2) is 175 Å². The van der Waals surface area contributed by atoms with Crippen LogP contribution in [0.4, 0.5) is 5.69 Å². The minimum Gasteiger partial charge on any atom is -0.456 e. The number of pyridine rings is 2. The van der Waals surface area contributed by atoms with Crippen LogP contribution < -0.4 is 0 Å². The Balaban J connectivity index is 1.32. The van der Waals surface area contributed by atoms with Crippen LogP contribution in [0.3, 0.4) is 0 Å². The van der Waals surface area contributed by atoms with Crippen molar-refractivity contribution in [3.8, 4) is 39.7 Å². The number of benzene rings is 8. The molecule has 61 heavy (non-hydrogen) atoms. The standard InChI is InChI=1S/C54H28N6O/c1-56-52-44(31-14-4-2-5-15-31)37(30-55)53(59-38-22-12-10-20-35(38)46-39(59)24-25-43-47(46)36-21-11-13-23-42(36)61-43)45(32-16-6-3-7-17-32)54(52)60-40-26-28-57-50-33-18-8-9-19-34(33)51-49(48(40)50)41(60)27-29-58-51/h2-29H. The molecule has 0 radical (unpaired) electrons. The number of nitriles is 1. The van der Waals surface area contributed by atoms with Gasteiger partial charge in [0.1, 0.15) is 17.2 Å². The van der Waals surface area contributed by atoms with Crippen LogP contribution >= 0.6 is 0 Å². The van der Waals surface area contributed by atoms with Crippen molar-refractivity contribution < 1.29 is 4.42 Å². The third-order valence-electron chi connectivity index (χ3n) is 12.4. The summed E-state index contributed by atoms with van der Waals surface area (Å²) in [6.07, 6.45) is 3.72. The third-order valence-corrected chi connectivity index (χ3v) is 12.4. The summed E-state index contributed by atoms with van der Waals surface area (Å²) in [7, 11) is 0. The quantitative estimate of drug-likeness (QED) is 0.132. The highest BCUT2D eigenvalue weighted by Gasteiger charge is 2.33. The number of aromatic nitrogens is 4. The summed E-state index contributed by atoms with van der Waals surface area (Å²) < 4.78 is 10.9. The van der Waals surface area contributed by atoms with Crippen molar-refractivity contribution in [1.29, 1.82) is 5.26 Å². The van der Waals surface area contributed by atoms with Gasteiger partial charge in [0.15, 0.2) is 0 Å². The van der Waals surface area contributed by atoms with Crippen LogP contribution in [0.2, 0.25) is 0 Å². The van der Waals surface area contributed by atoms with Gasteiger partial charge in [0.05, 0.1) is 56.6 Å². The molecule has 7 nitrogen and oxygen atoms in total. The highest BCUT2D eigenvalue weighted by Crippen LogP contribution is 2.53. The first-order chi connectivity index (χ1) is 30.2. The maximum Gasteiger partial charge on any atom is 0.220 e. The second kappa shape index (κ2) is 12.4. The van der Waals surface area contributed by atoms with Gasteiger partial charge in [0.2, 0.25) is 5.69 Å². The van der Waals surface area contributed by atoms with Gasteiger partial charge >= 0.3 is 0 Å². The zero-order valence-electron chi connectivity index (χ0n) is 32.3. The first-order valence-electron chi connectivity index (χ1n) is 20.1. The van der Waals surface area contributed by atoms with Gasteiger partial charge in [0, 0.05) is 66.6 Å². The van der Waals surface area contributed by atoms with Gasteiger partial charge < -0.3 is 13.6 Å². The zero-order valence-corrected chi connectivity index (χ0v) is 32.3. The number of furan rings is 1. The first-order valence-corrected chi connectivity index (χ1v) is 20.1. The Morgan fingerprint density at radius 2 is 1.02 bits per heavy atom. The van der Waals surface area contributed by atoms with E-state index in [0.717, 1.165) is 104 Å². The number of hydrogen-bond donors (Lipinski definition) is 0. The average molecular weight is 777 g/mol. The second-order valence-corrected chi connectivity index (χ2v) is 15.4. The van der Waals surface area contributed by atoms with Gasteiger partial charge in [-0.1, -0.05) is 121 Å². The SMILES string of the molecule is [C-]#[N+]c1c(-c2ccccc2)c(C#N)c(-n2c3ccccc3c3c4c(ccc32)oc2ccccc24)c(-c2ccccc2)c1-n1c2ccnc3c4ccccc4c4nccc1c4c32. The summed E-state index contributed by atoms with van der Waals surface area (Å²) in [5.74, 6) is 0. The molecule has 0 aliphatic heterocycles. The lowest BCUT2D eigenvalue weighted by Crippen LogP contribution is -2.08. The Labute approximate surface area is 347 Å². The second-order valence-electron chi connectivity index (χ2n) is 15.4. The lowest BCUT2D eigenvalue weighted by Gasteiger charge is -2.25. The summed E-state index contributed by atoms with van der Waals surface area (Å²) >= 11 is 0. The molecule has 0 amide bonds. The summed E-state index contributed by atoms with van der Waals surface area (Å²) in [4.78, 5) is 14.4. The summed E-state index contributed by atoms with van der Waals surface area (Å²) in [6, 6.07) is 55.8. The van der Waals surface area contributed by atoms with E-state index < -0.39 is 0 Å². The molecule has 5 heterocycles. The minimum absolute atomic E-state index is 0.377. The maximum atomic E-state index is 11.7. The van der Waals surface area contributed by atoms with Crippen molar-refractivity contribution in [2.75, 3.05) is 0 Å². The van der Waals surface area contributed by atoms with Gasteiger partial charge in [-0.25, -0.2) is 4.85 Å². The Hall–Kier alpha value is -8.78. The van der Waals surface area contributed by atoms with Gasteiger partial charge in [0.25, 0.3) is 0 Å². The van der Waals surface area contributed by atoms with Crippen LogP contribution in [-0.2, 0) is 0 Å². The van der Waals surface area contributed by atoms with Crippen molar-refractivity contribution in [1.82, 2.24) is 19.1 Å². The van der Waals surface area contributed by atoms with Gasteiger partial charge in [-0.15, -0.1) is 0 Å². The number of para-hydroxylation sites is 2. The number of nitrogens with zero attached hydrogens (tertiary/aromatic N) is 6. The average Bonchev–Trinajstić information content (AvgIpc) is 3.99. The molecule has 0 unspecified atom stereocenters. The van der Waals surface area contributed by atoms with E-state index in [1.807, 2.05) is 116 Å². The fourth-order valence-corrected chi connectivity index (χ4v) is 10.1. The van der Waals surface area contributed by atoms with Crippen molar-refractivity contribution in [2.24, 2.45) is 0 Å². The predicted molar refractivity (Wildman–Crippen MR) is 246 cm³/mol. The molecule has 0 bridgehead atoms. The fourth-order valence-electron chi connectivity index (χ4n) is 10.1. The van der Waals surface area contributed by atoms with Gasteiger partial charge in [-0.05, 0) is 47.5 Å². The highest BCUT2D eigenvalue weighted by molar-refractivity contribution is 6.33. The van der Waals surface area contributed by atoms with E-state index in [-0.39, 0.29) is 0 Å². The number of hydrogen-bond acceptors (Lipinski definition) is 4. The number of rotatable bonds is 4. The molecule has 0 aliphatic carbocycles. The molecule has 13 rings (SSSR count). The van der Waals surface area contributed by atoms with E-state index in [1.54, 1.807) is 0 Å². The molecular formula is C54H28N6O. The van der Waals surface area contributed by atoms with E-state index in [9.17, 15) is 5.26 Å². The Bertz CT molecular complexity index is 3980. The molecule has 0 aliphatic rings. The van der Waals surface area contributed by atoms with Crippen LogP contribution in [0.25, 0.3) is 126 Å². The molecule has 0 atom stereocenters. The van der Waals surface area contributed by atoms with E-state index in [4.69, 9.17) is 21.0 Å². The Morgan fingerprint density at radius 3 is 1.66 bits per heavy atom. The largest absolute Gasteiger partial charge is 0.456 e. The van der Waals surface area contributed by atoms with Gasteiger partial charge in [-0.3, -0.25) is 9.97 Å². The topological polar surface area (TPSA) is 76.9 Å². The fraction of sp³-hybridized carbons (Fsp3) is 0. The number of fused-ring (bicyclic) bond motifs is 10. The molecule has 8 aromatic carbocycles. The third kappa shape index (κ3) is 4.33. The van der Waals surface area contributed by atoms with Crippen LogP contribution in [0.1, 0.15) is 5.56 Å². The summed E-state index contributed by atoms with van der Waals surface area (Å²) in [5.41, 5.74) is 12.1. The highest BCUT2D eigenvalue weighted by atomic mass is 16.3. The van der Waals surface area contributed by atoms with E-state index >= 15 is 0 Å². The molecule has 0 spiro atoms. The van der Waals surface area contributed by atoms with E-state index in [1.165, 1.54) is 0 Å². The smallest absolute Gasteiger partial charge is 0.220 e. The maximum absolute atomic E-state index is 11.7. The molecule has 0 N–H and O–H groups in total. The predicted octanol–water partition coefficient (Wildman–Crippen LogP) is 14.1. The molecule has 280 valence electrons. The van der Waals surface area contributed by atoms with Crippen LogP contribution in [0, 0.1) is 17.9 Å². The van der Waals surface area contributed by atoms with Crippen LogP contribution in [-0.4, -0.2) is 19.1 Å². The normalized spacial score (nSPS) is 11.9. The van der Waals surface area contributed by atoms with E-state index in [0.29, 0.717) is 28.2 Å². The van der Waals surface area contributed by atoms with Crippen molar-refractivity contribution >= 4 is 93.0 Å². The van der Waals surface area contributed by atoms with Crippen molar-refractivity contribution in [3.05, 3.63) is 187 Å². The van der Waals surface area contributed by atoms with Crippen molar-refractivity contribution in [2.45, 2.75) is 0 Å². The summed E-state index contributed by atoms with van der Waals surface area (Å²) in [6.45, 7) is 9.14. The molecule has 13 aromatic rings. The lowest BCUT2D eigenvalue weighted by atomic mass is 9.88. The summed E-state index contributed by atoms with van der Waals surface area (Å²) in [5, 5.41) is 19.8. The molecule has 5 aromatic heterocycles. The van der Waals surface area contributed by atoms with Crippen LogP contribution in [0.5, 0.6) is 0 Å². The lowest BCUT2D eigenvalue weighted by molar-refractivity contribution is 0.669. The Morgan fingerprint density at radius 1 is 0.475 bits per heavy atom. The zero-order chi connectivity index (χ0) is 40.3. The van der Waals surface area contributed by atoms with Gasteiger partial charge in [-0.2, -0.15) is 5.26 Å². The molecular weight excluding hydrogens is 749 g/mol. The van der Waals surface area contributed by atoms with E-state index in [2.05, 4.69) is 74.6 Å². The Kier molecular flexibility index (Phi) is 6.73. The first kappa shape index (κ1) is 33.2.